The lowest BCUT2D eigenvalue weighted by Crippen LogP contribution is -2.18. The number of ether oxygens (including phenoxy) is 2. The molecule has 1 heterocycles. The van der Waals surface area contributed by atoms with Crippen LogP contribution >= 0.6 is 0 Å². The largest absolute Gasteiger partial charge is 0.496 e. The maximum absolute atomic E-state index is 5.84. The second-order valence-electron chi connectivity index (χ2n) is 5.38. The van der Waals surface area contributed by atoms with Crippen molar-refractivity contribution in [2.75, 3.05) is 20.8 Å². The number of aryl methyl sites for hydroxylation is 1. The van der Waals surface area contributed by atoms with E-state index in [4.69, 9.17) is 9.47 Å². The molecule has 0 saturated carbocycles. The monoisotopic (exact) mass is 283 g/mol. The van der Waals surface area contributed by atoms with E-state index < -0.39 is 0 Å². The van der Waals surface area contributed by atoms with E-state index in [9.17, 15) is 0 Å². The predicted octanol–water partition coefficient (Wildman–Crippen LogP) is 3.25. The molecule has 1 unspecified atom stereocenters. The first-order valence-corrected chi connectivity index (χ1v) is 7.31. The summed E-state index contributed by atoms with van der Waals surface area (Å²) in [4.78, 5) is 0. The SMILES string of the molecule is CNC(c1ccc(C)c(OC)c1)c1cccc2c1OCC2. The minimum Gasteiger partial charge on any atom is -0.496 e. The van der Waals surface area contributed by atoms with Crippen molar-refractivity contribution in [2.24, 2.45) is 0 Å². The number of methoxy groups -OCH3 is 1. The fourth-order valence-corrected chi connectivity index (χ4v) is 2.99. The Labute approximate surface area is 125 Å². The van der Waals surface area contributed by atoms with Gasteiger partial charge >= 0.3 is 0 Å². The molecule has 1 aliphatic rings. The van der Waals surface area contributed by atoms with E-state index in [1.165, 1.54) is 16.7 Å². The highest BCUT2D eigenvalue weighted by Crippen LogP contribution is 2.37. The average molecular weight is 283 g/mol. The van der Waals surface area contributed by atoms with Gasteiger partial charge in [0.1, 0.15) is 11.5 Å². The lowest BCUT2D eigenvalue weighted by molar-refractivity contribution is 0.351. The van der Waals surface area contributed by atoms with E-state index in [0.29, 0.717) is 0 Å². The van der Waals surface area contributed by atoms with Crippen LogP contribution in [-0.4, -0.2) is 20.8 Å². The third kappa shape index (κ3) is 2.49. The standard InChI is InChI=1S/C18H21NO2/c1-12-7-8-14(11-16(12)20-3)17(19-2)15-6-4-5-13-9-10-21-18(13)15/h4-8,11,17,19H,9-10H2,1-3H3. The molecule has 21 heavy (non-hydrogen) atoms. The van der Waals surface area contributed by atoms with Gasteiger partial charge in [0.2, 0.25) is 0 Å². The maximum atomic E-state index is 5.84. The number of para-hydroxylation sites is 1. The molecule has 110 valence electrons. The van der Waals surface area contributed by atoms with Gasteiger partial charge in [-0.3, -0.25) is 0 Å². The van der Waals surface area contributed by atoms with E-state index in [1.807, 2.05) is 7.05 Å². The van der Waals surface area contributed by atoms with Gasteiger partial charge in [-0.25, -0.2) is 0 Å². The fraction of sp³-hybridized carbons (Fsp3) is 0.333. The van der Waals surface area contributed by atoms with Crippen LogP contribution in [0.25, 0.3) is 0 Å². The zero-order chi connectivity index (χ0) is 14.8. The van der Waals surface area contributed by atoms with Gasteiger partial charge in [-0.2, -0.15) is 0 Å². The van der Waals surface area contributed by atoms with Crippen molar-refractivity contribution in [1.82, 2.24) is 5.32 Å². The first-order valence-electron chi connectivity index (χ1n) is 7.31. The van der Waals surface area contributed by atoms with E-state index in [1.54, 1.807) is 7.11 Å². The molecule has 3 rings (SSSR count). The van der Waals surface area contributed by atoms with Gasteiger partial charge in [-0.1, -0.05) is 30.3 Å². The van der Waals surface area contributed by atoms with Gasteiger partial charge in [0.15, 0.2) is 0 Å². The third-order valence-electron chi connectivity index (χ3n) is 4.11. The van der Waals surface area contributed by atoms with Gasteiger partial charge < -0.3 is 14.8 Å². The molecular formula is C18H21NO2. The van der Waals surface area contributed by atoms with Crippen molar-refractivity contribution in [1.29, 1.82) is 0 Å². The van der Waals surface area contributed by atoms with Crippen LogP contribution in [0.3, 0.4) is 0 Å². The molecular weight excluding hydrogens is 262 g/mol. The van der Waals surface area contributed by atoms with Gasteiger partial charge in [0.25, 0.3) is 0 Å². The number of hydrogen-bond donors (Lipinski definition) is 1. The van der Waals surface area contributed by atoms with Crippen LogP contribution in [0.15, 0.2) is 36.4 Å². The highest BCUT2D eigenvalue weighted by atomic mass is 16.5. The van der Waals surface area contributed by atoms with Crippen LogP contribution in [0.4, 0.5) is 0 Å². The quantitative estimate of drug-likeness (QED) is 0.934. The molecule has 0 bridgehead atoms. The molecule has 0 radical (unpaired) electrons. The number of hydrogen-bond acceptors (Lipinski definition) is 3. The van der Waals surface area contributed by atoms with Crippen molar-refractivity contribution in [2.45, 2.75) is 19.4 Å². The van der Waals surface area contributed by atoms with Crippen molar-refractivity contribution in [3.8, 4) is 11.5 Å². The summed E-state index contributed by atoms with van der Waals surface area (Å²) in [6.07, 6.45) is 0.997. The van der Waals surface area contributed by atoms with Gasteiger partial charge in [0, 0.05) is 12.0 Å². The molecule has 0 saturated heterocycles. The third-order valence-corrected chi connectivity index (χ3v) is 4.11. The molecule has 2 aromatic rings. The van der Waals surface area contributed by atoms with Crippen molar-refractivity contribution in [3.05, 3.63) is 58.7 Å². The minimum atomic E-state index is 0.104. The summed E-state index contributed by atoms with van der Waals surface area (Å²) < 4.78 is 11.3. The summed E-state index contributed by atoms with van der Waals surface area (Å²) in [5.41, 5.74) is 4.82. The van der Waals surface area contributed by atoms with Crippen molar-refractivity contribution in [3.63, 3.8) is 0 Å². The summed E-state index contributed by atoms with van der Waals surface area (Å²) in [5, 5.41) is 3.40. The Bertz CT molecular complexity index is 652. The Hall–Kier alpha value is -2.00. The van der Waals surface area contributed by atoms with Crippen LogP contribution in [0.2, 0.25) is 0 Å². The second kappa shape index (κ2) is 5.78. The maximum Gasteiger partial charge on any atom is 0.127 e. The number of fused-ring (bicyclic) bond motifs is 1. The topological polar surface area (TPSA) is 30.5 Å². The molecule has 3 heteroatoms. The molecule has 0 aromatic heterocycles. The van der Waals surface area contributed by atoms with Crippen LogP contribution in [0.5, 0.6) is 11.5 Å². The highest BCUT2D eigenvalue weighted by Gasteiger charge is 2.22. The number of rotatable bonds is 4. The number of nitrogens with one attached hydrogen (secondary N) is 1. The van der Waals surface area contributed by atoms with Crippen LogP contribution in [0, 0.1) is 6.92 Å². The zero-order valence-corrected chi connectivity index (χ0v) is 12.8. The smallest absolute Gasteiger partial charge is 0.127 e. The molecule has 3 nitrogen and oxygen atoms in total. The van der Waals surface area contributed by atoms with Crippen LogP contribution < -0.4 is 14.8 Å². The van der Waals surface area contributed by atoms with E-state index >= 15 is 0 Å². The minimum absolute atomic E-state index is 0.104. The Balaban J connectivity index is 2.05. The van der Waals surface area contributed by atoms with Gasteiger partial charge in [-0.05, 0) is 36.7 Å². The molecule has 0 fully saturated rings. The summed E-state index contributed by atoms with van der Waals surface area (Å²) in [6.45, 7) is 2.83. The first-order chi connectivity index (χ1) is 10.2. The van der Waals surface area contributed by atoms with E-state index in [-0.39, 0.29) is 6.04 Å². The Morgan fingerprint density at radius 2 is 2.10 bits per heavy atom. The summed E-state index contributed by atoms with van der Waals surface area (Å²) >= 11 is 0. The number of benzene rings is 2. The average Bonchev–Trinajstić information content (AvgIpc) is 2.99. The lowest BCUT2D eigenvalue weighted by Gasteiger charge is -2.21. The molecule has 1 aliphatic heterocycles. The van der Waals surface area contributed by atoms with Gasteiger partial charge in [-0.15, -0.1) is 0 Å². The molecule has 2 aromatic carbocycles. The van der Waals surface area contributed by atoms with Crippen LogP contribution in [-0.2, 0) is 6.42 Å². The molecule has 0 aliphatic carbocycles. The first kappa shape index (κ1) is 14.0. The Morgan fingerprint density at radius 1 is 1.24 bits per heavy atom. The Kier molecular flexibility index (Phi) is 3.84. The van der Waals surface area contributed by atoms with Gasteiger partial charge in [0.05, 0.1) is 19.8 Å². The predicted molar refractivity (Wildman–Crippen MR) is 84.3 cm³/mol. The van der Waals surface area contributed by atoms with Crippen molar-refractivity contribution < 1.29 is 9.47 Å². The van der Waals surface area contributed by atoms with E-state index in [2.05, 4.69) is 48.6 Å². The normalized spacial score (nSPS) is 14.4. The zero-order valence-electron chi connectivity index (χ0n) is 12.8. The van der Waals surface area contributed by atoms with E-state index in [0.717, 1.165) is 30.1 Å². The lowest BCUT2D eigenvalue weighted by atomic mass is 9.95. The second-order valence-corrected chi connectivity index (χ2v) is 5.38. The van der Waals surface area contributed by atoms with Crippen molar-refractivity contribution >= 4 is 0 Å². The molecule has 1 N–H and O–H groups in total. The molecule has 0 amide bonds. The molecule has 0 spiro atoms. The fourth-order valence-electron chi connectivity index (χ4n) is 2.99. The summed E-state index contributed by atoms with van der Waals surface area (Å²) in [7, 11) is 3.69. The highest BCUT2D eigenvalue weighted by molar-refractivity contribution is 5.50. The summed E-state index contributed by atoms with van der Waals surface area (Å²) in [6, 6.07) is 12.8. The Morgan fingerprint density at radius 3 is 2.86 bits per heavy atom. The summed E-state index contributed by atoms with van der Waals surface area (Å²) in [5.74, 6) is 1.96. The molecule has 1 atom stereocenters. The van der Waals surface area contributed by atoms with Crippen LogP contribution in [0.1, 0.15) is 28.3 Å².